The Bertz CT molecular complexity index is 513. The summed E-state index contributed by atoms with van der Waals surface area (Å²) in [5, 5.41) is 10.8. The molecule has 0 aromatic heterocycles. The lowest BCUT2D eigenvalue weighted by atomic mass is 10.1. The van der Waals surface area contributed by atoms with E-state index >= 15 is 0 Å². The number of benzene rings is 1. The van der Waals surface area contributed by atoms with Gasteiger partial charge in [0, 0.05) is 13.1 Å². The summed E-state index contributed by atoms with van der Waals surface area (Å²) in [4.78, 5) is 23.2. The van der Waals surface area contributed by atoms with Gasteiger partial charge in [-0.1, -0.05) is 0 Å². The topological polar surface area (TPSA) is 63.4 Å². The van der Waals surface area contributed by atoms with Gasteiger partial charge in [0.25, 0.3) is 11.6 Å². The molecule has 0 atom stereocenters. The van der Waals surface area contributed by atoms with Gasteiger partial charge in [-0.25, -0.2) is 8.78 Å². The quantitative estimate of drug-likeness (QED) is 0.601. The average Bonchev–Trinajstić information content (AvgIpc) is 2.84. The number of nitro benzene ring substituents is 1. The fourth-order valence-electron chi connectivity index (χ4n) is 1.95. The SMILES string of the molecule is O=C(c1cc(F)c(F)cc1[N+](=O)[O-])N1CCCC1. The van der Waals surface area contributed by atoms with Crippen LogP contribution in [-0.4, -0.2) is 28.8 Å². The minimum atomic E-state index is -1.33. The van der Waals surface area contributed by atoms with E-state index < -0.39 is 33.7 Å². The molecule has 18 heavy (non-hydrogen) atoms. The molecule has 5 nitrogen and oxygen atoms in total. The second kappa shape index (κ2) is 4.67. The Morgan fingerprint density at radius 3 is 2.33 bits per heavy atom. The molecule has 96 valence electrons. The van der Waals surface area contributed by atoms with Crippen molar-refractivity contribution >= 4 is 11.6 Å². The van der Waals surface area contributed by atoms with Crippen LogP contribution in [0.25, 0.3) is 0 Å². The van der Waals surface area contributed by atoms with Crippen LogP contribution in [0.2, 0.25) is 0 Å². The summed E-state index contributed by atoms with van der Waals surface area (Å²) in [5.41, 5.74) is -1.10. The number of carbonyl (C=O) groups is 1. The highest BCUT2D eigenvalue weighted by molar-refractivity contribution is 5.98. The standard InChI is InChI=1S/C11H10F2N2O3/c12-8-5-7(10(15(17)18)6-9(8)13)11(16)14-3-1-2-4-14/h5-6H,1-4H2. The Balaban J connectivity index is 2.44. The second-order valence-electron chi connectivity index (χ2n) is 4.04. The Hall–Kier alpha value is -2.05. The van der Waals surface area contributed by atoms with E-state index in [2.05, 4.69) is 0 Å². The van der Waals surface area contributed by atoms with Crippen molar-refractivity contribution < 1.29 is 18.5 Å². The Labute approximate surface area is 101 Å². The zero-order valence-electron chi connectivity index (χ0n) is 9.36. The van der Waals surface area contributed by atoms with Crippen LogP contribution >= 0.6 is 0 Å². The molecule has 0 spiro atoms. The Morgan fingerprint density at radius 1 is 1.22 bits per heavy atom. The first-order valence-corrected chi connectivity index (χ1v) is 5.43. The molecule has 1 heterocycles. The van der Waals surface area contributed by atoms with Crippen molar-refractivity contribution in [1.29, 1.82) is 0 Å². The summed E-state index contributed by atoms with van der Waals surface area (Å²) in [6.07, 6.45) is 1.62. The summed E-state index contributed by atoms with van der Waals surface area (Å²) >= 11 is 0. The second-order valence-corrected chi connectivity index (χ2v) is 4.04. The molecular weight excluding hydrogens is 246 g/mol. The summed E-state index contributed by atoms with van der Waals surface area (Å²) < 4.78 is 26.1. The van der Waals surface area contributed by atoms with Crippen molar-refractivity contribution in [3.05, 3.63) is 39.4 Å². The van der Waals surface area contributed by atoms with Crippen LogP contribution in [0.1, 0.15) is 23.2 Å². The van der Waals surface area contributed by atoms with E-state index in [1.54, 1.807) is 0 Å². The number of amides is 1. The first-order chi connectivity index (χ1) is 8.50. The third kappa shape index (κ3) is 2.15. The molecule has 2 rings (SSSR count). The maximum absolute atomic E-state index is 13.1. The van der Waals surface area contributed by atoms with Gasteiger partial charge in [0.1, 0.15) is 5.56 Å². The van der Waals surface area contributed by atoms with Gasteiger partial charge in [0.15, 0.2) is 11.6 Å². The van der Waals surface area contributed by atoms with Crippen LogP contribution in [0.3, 0.4) is 0 Å². The van der Waals surface area contributed by atoms with Crippen LogP contribution in [0.15, 0.2) is 12.1 Å². The fourth-order valence-corrected chi connectivity index (χ4v) is 1.95. The van der Waals surface area contributed by atoms with Crippen LogP contribution in [0, 0.1) is 21.7 Å². The van der Waals surface area contributed by atoms with Gasteiger partial charge in [-0.2, -0.15) is 0 Å². The zero-order chi connectivity index (χ0) is 13.3. The van der Waals surface area contributed by atoms with E-state index in [0.717, 1.165) is 12.8 Å². The molecule has 1 aliphatic heterocycles. The number of halogens is 2. The summed E-state index contributed by atoms with van der Waals surface area (Å²) in [6, 6.07) is 1.03. The molecule has 0 aliphatic carbocycles. The van der Waals surface area contributed by atoms with E-state index in [1.165, 1.54) is 4.90 Å². The number of hydrogen-bond donors (Lipinski definition) is 0. The third-order valence-corrected chi connectivity index (χ3v) is 2.86. The van der Waals surface area contributed by atoms with Crippen molar-refractivity contribution in [3.8, 4) is 0 Å². The number of nitrogens with zero attached hydrogens (tertiary/aromatic N) is 2. The van der Waals surface area contributed by atoms with Gasteiger partial charge in [-0.05, 0) is 18.9 Å². The van der Waals surface area contributed by atoms with E-state index in [9.17, 15) is 23.7 Å². The highest BCUT2D eigenvalue weighted by Gasteiger charge is 2.28. The van der Waals surface area contributed by atoms with Crippen molar-refractivity contribution in [2.24, 2.45) is 0 Å². The van der Waals surface area contributed by atoms with E-state index in [0.29, 0.717) is 25.2 Å². The normalized spacial score (nSPS) is 14.9. The van der Waals surface area contributed by atoms with Gasteiger partial charge in [0.05, 0.1) is 11.0 Å². The lowest BCUT2D eigenvalue weighted by Crippen LogP contribution is -2.28. The maximum atomic E-state index is 13.1. The number of likely N-dealkylation sites (tertiary alicyclic amines) is 1. The predicted molar refractivity (Wildman–Crippen MR) is 58.1 cm³/mol. The fraction of sp³-hybridized carbons (Fsp3) is 0.364. The van der Waals surface area contributed by atoms with Crippen molar-refractivity contribution in [2.75, 3.05) is 13.1 Å². The lowest BCUT2D eigenvalue weighted by Gasteiger charge is -2.15. The van der Waals surface area contributed by atoms with Crippen molar-refractivity contribution in [1.82, 2.24) is 4.90 Å². The van der Waals surface area contributed by atoms with Gasteiger partial charge in [-0.3, -0.25) is 14.9 Å². The van der Waals surface area contributed by atoms with Gasteiger partial charge in [-0.15, -0.1) is 0 Å². The number of hydrogen-bond acceptors (Lipinski definition) is 3. The van der Waals surface area contributed by atoms with E-state index in [-0.39, 0.29) is 0 Å². The molecular formula is C11H10F2N2O3. The number of carbonyl (C=O) groups excluding carboxylic acids is 1. The van der Waals surface area contributed by atoms with Gasteiger partial charge < -0.3 is 4.90 Å². The smallest absolute Gasteiger partial charge is 0.285 e. The molecule has 1 fully saturated rings. The molecule has 0 unspecified atom stereocenters. The van der Waals surface area contributed by atoms with E-state index in [4.69, 9.17) is 0 Å². The van der Waals surface area contributed by atoms with Crippen LogP contribution in [0.5, 0.6) is 0 Å². The highest BCUT2D eigenvalue weighted by Crippen LogP contribution is 2.25. The molecule has 1 amide bonds. The highest BCUT2D eigenvalue weighted by atomic mass is 19.2. The molecule has 0 radical (unpaired) electrons. The predicted octanol–water partition coefficient (Wildman–Crippen LogP) is 2.11. The third-order valence-electron chi connectivity index (χ3n) is 2.86. The first kappa shape index (κ1) is 12.4. The lowest BCUT2D eigenvalue weighted by molar-refractivity contribution is -0.385. The Kier molecular flexibility index (Phi) is 3.22. The monoisotopic (exact) mass is 256 g/mol. The minimum Gasteiger partial charge on any atom is -0.338 e. The molecule has 0 N–H and O–H groups in total. The average molecular weight is 256 g/mol. The number of rotatable bonds is 2. The molecule has 7 heteroatoms. The van der Waals surface area contributed by atoms with E-state index in [1.807, 2.05) is 0 Å². The van der Waals surface area contributed by atoms with Crippen LogP contribution in [0.4, 0.5) is 14.5 Å². The summed E-state index contributed by atoms with van der Waals surface area (Å²) in [6.45, 7) is 0.962. The summed E-state index contributed by atoms with van der Waals surface area (Å²) in [7, 11) is 0. The van der Waals surface area contributed by atoms with Gasteiger partial charge in [0.2, 0.25) is 0 Å². The van der Waals surface area contributed by atoms with Gasteiger partial charge >= 0.3 is 0 Å². The molecule has 0 bridgehead atoms. The summed E-state index contributed by atoms with van der Waals surface area (Å²) in [5.74, 6) is -3.22. The first-order valence-electron chi connectivity index (χ1n) is 5.43. The van der Waals surface area contributed by atoms with Crippen molar-refractivity contribution in [3.63, 3.8) is 0 Å². The number of nitro groups is 1. The zero-order valence-corrected chi connectivity index (χ0v) is 9.36. The Morgan fingerprint density at radius 2 is 1.78 bits per heavy atom. The van der Waals surface area contributed by atoms with Crippen molar-refractivity contribution in [2.45, 2.75) is 12.8 Å². The minimum absolute atomic E-state index is 0.402. The molecule has 1 aromatic rings. The molecule has 1 aromatic carbocycles. The molecule has 0 saturated carbocycles. The largest absolute Gasteiger partial charge is 0.338 e. The van der Waals surface area contributed by atoms with Crippen LogP contribution in [-0.2, 0) is 0 Å². The van der Waals surface area contributed by atoms with Crippen LogP contribution < -0.4 is 0 Å². The maximum Gasteiger partial charge on any atom is 0.285 e. The molecule has 1 aliphatic rings. The molecule has 1 saturated heterocycles.